The van der Waals surface area contributed by atoms with Crippen molar-refractivity contribution < 1.29 is 4.79 Å². The maximum atomic E-state index is 12.0. The number of anilines is 1. The molecule has 0 unspecified atom stereocenters. The van der Waals surface area contributed by atoms with Gasteiger partial charge in [0, 0.05) is 25.7 Å². The van der Waals surface area contributed by atoms with Gasteiger partial charge in [-0.2, -0.15) is 0 Å². The first-order valence-electron chi connectivity index (χ1n) is 6.78. The summed E-state index contributed by atoms with van der Waals surface area (Å²) in [6.07, 6.45) is 1.64. The first-order chi connectivity index (χ1) is 9.11. The lowest BCUT2D eigenvalue weighted by Gasteiger charge is -2.17. The molecule has 0 fully saturated rings. The van der Waals surface area contributed by atoms with Gasteiger partial charge in [-0.05, 0) is 45.7 Å². The Morgan fingerprint density at radius 2 is 1.79 bits per heavy atom. The van der Waals surface area contributed by atoms with Crippen LogP contribution in [0.4, 0.5) is 5.69 Å². The fourth-order valence-corrected chi connectivity index (χ4v) is 1.80. The van der Waals surface area contributed by atoms with Crippen molar-refractivity contribution in [2.45, 2.75) is 12.8 Å². The number of amides is 1. The zero-order valence-electron chi connectivity index (χ0n) is 12.2. The van der Waals surface area contributed by atoms with E-state index in [-0.39, 0.29) is 5.91 Å². The van der Waals surface area contributed by atoms with Crippen LogP contribution in [-0.4, -0.2) is 51.6 Å². The second kappa shape index (κ2) is 8.67. The standard InChI is InChI=1S/C15H25N3O/c1-17(2)13-7-11-16-12-10-15(19)18(3)14-8-5-4-6-9-14/h4-6,8-9,16H,7,10-13H2,1-3H3. The number of nitrogens with zero attached hydrogens (tertiary/aromatic N) is 2. The molecule has 0 aliphatic heterocycles. The minimum Gasteiger partial charge on any atom is -0.316 e. The fourth-order valence-electron chi connectivity index (χ4n) is 1.80. The van der Waals surface area contributed by atoms with Gasteiger partial charge >= 0.3 is 0 Å². The molecule has 0 aliphatic rings. The molecule has 106 valence electrons. The van der Waals surface area contributed by atoms with Crippen LogP contribution in [0.2, 0.25) is 0 Å². The number of carbonyl (C=O) groups excluding carboxylic acids is 1. The maximum Gasteiger partial charge on any atom is 0.227 e. The third kappa shape index (κ3) is 6.36. The monoisotopic (exact) mass is 263 g/mol. The molecule has 1 aromatic rings. The average Bonchev–Trinajstić information content (AvgIpc) is 2.42. The van der Waals surface area contributed by atoms with Crippen molar-refractivity contribution in [3.8, 4) is 0 Å². The van der Waals surface area contributed by atoms with Crippen LogP contribution in [-0.2, 0) is 4.79 Å². The predicted octanol–water partition coefficient (Wildman–Crippen LogP) is 1.58. The van der Waals surface area contributed by atoms with E-state index >= 15 is 0 Å². The zero-order valence-corrected chi connectivity index (χ0v) is 12.2. The Labute approximate surface area is 116 Å². The summed E-state index contributed by atoms with van der Waals surface area (Å²) in [4.78, 5) is 15.8. The molecule has 0 aromatic heterocycles. The third-order valence-electron chi connectivity index (χ3n) is 2.99. The van der Waals surface area contributed by atoms with Crippen LogP contribution in [0.1, 0.15) is 12.8 Å². The minimum absolute atomic E-state index is 0.145. The minimum atomic E-state index is 0.145. The van der Waals surface area contributed by atoms with E-state index in [0.717, 1.165) is 31.7 Å². The lowest BCUT2D eigenvalue weighted by molar-refractivity contribution is -0.118. The van der Waals surface area contributed by atoms with Crippen LogP contribution >= 0.6 is 0 Å². The summed E-state index contributed by atoms with van der Waals surface area (Å²) in [7, 11) is 5.96. The second-order valence-corrected chi connectivity index (χ2v) is 4.95. The molecule has 1 N–H and O–H groups in total. The Morgan fingerprint density at radius 3 is 2.42 bits per heavy atom. The maximum absolute atomic E-state index is 12.0. The summed E-state index contributed by atoms with van der Waals surface area (Å²) >= 11 is 0. The van der Waals surface area contributed by atoms with E-state index in [0.29, 0.717) is 6.42 Å². The molecule has 0 radical (unpaired) electrons. The van der Waals surface area contributed by atoms with Gasteiger partial charge in [0.25, 0.3) is 0 Å². The third-order valence-corrected chi connectivity index (χ3v) is 2.99. The number of benzene rings is 1. The van der Waals surface area contributed by atoms with Crippen LogP contribution in [0.5, 0.6) is 0 Å². The number of rotatable bonds is 8. The first kappa shape index (κ1) is 15.7. The molecule has 4 nitrogen and oxygen atoms in total. The Bertz CT molecular complexity index is 365. The smallest absolute Gasteiger partial charge is 0.227 e. The van der Waals surface area contributed by atoms with E-state index in [1.165, 1.54) is 0 Å². The van der Waals surface area contributed by atoms with Crippen molar-refractivity contribution in [1.82, 2.24) is 10.2 Å². The van der Waals surface area contributed by atoms with E-state index in [1.54, 1.807) is 4.90 Å². The lowest BCUT2D eigenvalue weighted by Crippen LogP contribution is -2.30. The summed E-state index contributed by atoms with van der Waals surface area (Å²) in [6, 6.07) is 9.73. The Balaban J connectivity index is 2.17. The lowest BCUT2D eigenvalue weighted by atomic mass is 10.2. The van der Waals surface area contributed by atoms with Gasteiger partial charge in [0.2, 0.25) is 5.91 Å². The normalized spacial score (nSPS) is 10.7. The molecule has 1 aromatic carbocycles. The van der Waals surface area contributed by atoms with E-state index in [4.69, 9.17) is 0 Å². The summed E-state index contributed by atoms with van der Waals surface area (Å²) < 4.78 is 0. The van der Waals surface area contributed by atoms with Gasteiger partial charge in [-0.3, -0.25) is 4.79 Å². The van der Waals surface area contributed by atoms with Gasteiger partial charge in [-0.15, -0.1) is 0 Å². The number of nitrogens with one attached hydrogen (secondary N) is 1. The molecule has 1 amide bonds. The first-order valence-corrected chi connectivity index (χ1v) is 6.78. The van der Waals surface area contributed by atoms with Crippen molar-refractivity contribution in [3.63, 3.8) is 0 Å². The summed E-state index contributed by atoms with van der Waals surface area (Å²) in [6.45, 7) is 2.77. The van der Waals surface area contributed by atoms with Crippen LogP contribution < -0.4 is 10.2 Å². The molecular formula is C15H25N3O. The van der Waals surface area contributed by atoms with Crippen molar-refractivity contribution >= 4 is 11.6 Å². The SMILES string of the molecule is CN(C)CCCNCCC(=O)N(C)c1ccccc1. The number of hydrogen-bond acceptors (Lipinski definition) is 3. The van der Waals surface area contributed by atoms with Gasteiger partial charge in [-0.25, -0.2) is 0 Å². The second-order valence-electron chi connectivity index (χ2n) is 4.95. The van der Waals surface area contributed by atoms with E-state index in [9.17, 15) is 4.79 Å². The van der Waals surface area contributed by atoms with E-state index in [2.05, 4.69) is 24.3 Å². The van der Waals surface area contributed by atoms with Crippen LogP contribution in [0.3, 0.4) is 0 Å². The predicted molar refractivity (Wildman–Crippen MR) is 80.5 cm³/mol. The Hall–Kier alpha value is -1.39. The molecule has 0 heterocycles. The number of hydrogen-bond donors (Lipinski definition) is 1. The largest absolute Gasteiger partial charge is 0.316 e. The molecule has 0 spiro atoms. The molecule has 0 aliphatic carbocycles. The van der Waals surface area contributed by atoms with Crippen molar-refractivity contribution in [3.05, 3.63) is 30.3 Å². The molecule has 1 rings (SSSR count). The molecule has 0 saturated carbocycles. The molecule has 0 bridgehead atoms. The van der Waals surface area contributed by atoms with Gasteiger partial charge in [0.15, 0.2) is 0 Å². The van der Waals surface area contributed by atoms with Gasteiger partial charge in [-0.1, -0.05) is 18.2 Å². The highest BCUT2D eigenvalue weighted by molar-refractivity contribution is 5.92. The fraction of sp³-hybridized carbons (Fsp3) is 0.533. The van der Waals surface area contributed by atoms with Crippen LogP contribution in [0, 0.1) is 0 Å². The van der Waals surface area contributed by atoms with Gasteiger partial charge in [0.1, 0.15) is 0 Å². The molecule has 0 atom stereocenters. The summed E-state index contributed by atoms with van der Waals surface area (Å²) in [5.41, 5.74) is 0.945. The van der Waals surface area contributed by atoms with Crippen molar-refractivity contribution in [2.75, 3.05) is 45.7 Å². The average molecular weight is 263 g/mol. The van der Waals surface area contributed by atoms with Crippen LogP contribution in [0.15, 0.2) is 30.3 Å². The quantitative estimate of drug-likeness (QED) is 0.723. The van der Waals surface area contributed by atoms with E-state index < -0.39 is 0 Å². The number of para-hydroxylation sites is 1. The van der Waals surface area contributed by atoms with Crippen molar-refractivity contribution in [1.29, 1.82) is 0 Å². The molecule has 4 heteroatoms. The molecule has 0 saturated heterocycles. The van der Waals surface area contributed by atoms with Crippen molar-refractivity contribution in [2.24, 2.45) is 0 Å². The summed E-state index contributed by atoms with van der Waals surface area (Å²) in [5, 5.41) is 3.30. The summed E-state index contributed by atoms with van der Waals surface area (Å²) in [5.74, 6) is 0.145. The Kier molecular flexibility index (Phi) is 7.15. The topological polar surface area (TPSA) is 35.6 Å². The highest BCUT2D eigenvalue weighted by Crippen LogP contribution is 2.11. The van der Waals surface area contributed by atoms with E-state index in [1.807, 2.05) is 37.4 Å². The molecule has 19 heavy (non-hydrogen) atoms. The zero-order chi connectivity index (χ0) is 14.1. The van der Waals surface area contributed by atoms with Gasteiger partial charge < -0.3 is 15.1 Å². The highest BCUT2D eigenvalue weighted by Gasteiger charge is 2.09. The number of carbonyl (C=O) groups is 1. The molecular weight excluding hydrogens is 238 g/mol. The highest BCUT2D eigenvalue weighted by atomic mass is 16.2. The Morgan fingerprint density at radius 1 is 1.11 bits per heavy atom. The van der Waals surface area contributed by atoms with Gasteiger partial charge in [0.05, 0.1) is 0 Å². The van der Waals surface area contributed by atoms with Crippen LogP contribution in [0.25, 0.3) is 0 Å².